The quantitative estimate of drug-likeness (QED) is 0.768. The fourth-order valence-electron chi connectivity index (χ4n) is 3.48. The van der Waals surface area contributed by atoms with Crippen molar-refractivity contribution in [3.63, 3.8) is 0 Å². The molecule has 2 aromatic carbocycles. The van der Waals surface area contributed by atoms with Gasteiger partial charge >= 0.3 is 0 Å². The summed E-state index contributed by atoms with van der Waals surface area (Å²) >= 11 is 6.12. The Hall–Kier alpha value is -2.09. The number of benzene rings is 2. The van der Waals surface area contributed by atoms with Gasteiger partial charge in [0, 0.05) is 23.8 Å². The van der Waals surface area contributed by atoms with Gasteiger partial charge in [-0.3, -0.25) is 4.79 Å². The van der Waals surface area contributed by atoms with E-state index in [1.807, 2.05) is 13.8 Å². The molecule has 6 nitrogen and oxygen atoms in total. The van der Waals surface area contributed by atoms with Crippen LogP contribution in [-0.4, -0.2) is 38.8 Å². The molecule has 0 radical (unpaired) electrons. The maximum atomic E-state index is 13.2. The number of rotatable bonds is 5. The van der Waals surface area contributed by atoms with Gasteiger partial charge in [-0.15, -0.1) is 0 Å². The number of anilines is 1. The Morgan fingerprint density at radius 2 is 2.00 bits per heavy atom. The Balaban J connectivity index is 1.80. The molecule has 29 heavy (non-hydrogen) atoms. The van der Waals surface area contributed by atoms with Gasteiger partial charge in [-0.1, -0.05) is 23.7 Å². The fraction of sp³-hybridized carbons (Fsp3) is 0.381. The van der Waals surface area contributed by atoms with Gasteiger partial charge in [-0.05, 0) is 62.1 Å². The minimum Gasteiger partial charge on any atom is -0.495 e. The molecule has 1 fully saturated rings. The first-order valence-corrected chi connectivity index (χ1v) is 11.3. The fourth-order valence-corrected chi connectivity index (χ4v) is 5.42. The monoisotopic (exact) mass is 436 g/mol. The van der Waals surface area contributed by atoms with Crippen LogP contribution < -0.4 is 10.1 Å². The number of carbonyl (C=O) groups excluding carboxylic acids is 1. The molecule has 1 heterocycles. The second-order valence-electron chi connectivity index (χ2n) is 7.26. The largest absolute Gasteiger partial charge is 0.495 e. The Morgan fingerprint density at radius 1 is 1.24 bits per heavy atom. The maximum Gasteiger partial charge on any atom is 0.246 e. The van der Waals surface area contributed by atoms with Crippen LogP contribution in [0.1, 0.15) is 24.0 Å². The third kappa shape index (κ3) is 4.57. The predicted octanol–water partition coefficient (Wildman–Crippen LogP) is 4.00. The average Bonchev–Trinajstić information content (AvgIpc) is 2.71. The van der Waals surface area contributed by atoms with E-state index < -0.39 is 15.9 Å². The highest BCUT2D eigenvalue weighted by molar-refractivity contribution is 7.89. The molecule has 0 aliphatic carbocycles. The number of amides is 1. The summed E-state index contributed by atoms with van der Waals surface area (Å²) in [7, 11) is -2.33. The smallest absolute Gasteiger partial charge is 0.246 e. The molecule has 1 N–H and O–H groups in total. The number of halogens is 1. The van der Waals surface area contributed by atoms with Gasteiger partial charge in [0.15, 0.2) is 0 Å². The molecule has 1 saturated heterocycles. The van der Waals surface area contributed by atoms with Crippen molar-refractivity contribution < 1.29 is 17.9 Å². The molecule has 1 aliphatic rings. The minimum absolute atomic E-state index is 0.130. The van der Waals surface area contributed by atoms with Crippen molar-refractivity contribution in [2.45, 2.75) is 31.6 Å². The van der Waals surface area contributed by atoms with Crippen LogP contribution in [0, 0.1) is 19.8 Å². The van der Waals surface area contributed by atoms with Crippen LogP contribution in [0.15, 0.2) is 41.3 Å². The van der Waals surface area contributed by atoms with Gasteiger partial charge in [0.1, 0.15) is 10.6 Å². The van der Waals surface area contributed by atoms with Gasteiger partial charge in [0.2, 0.25) is 15.9 Å². The lowest BCUT2D eigenvalue weighted by Crippen LogP contribution is -2.43. The summed E-state index contributed by atoms with van der Waals surface area (Å²) in [6.07, 6.45) is 1.24. The zero-order chi connectivity index (χ0) is 21.2. The minimum atomic E-state index is -3.77. The Kier molecular flexibility index (Phi) is 6.51. The number of ether oxygens (including phenoxy) is 1. The summed E-state index contributed by atoms with van der Waals surface area (Å²) in [5, 5.41) is 3.47. The molecular formula is C21H25ClN2O4S. The van der Waals surface area contributed by atoms with Crippen molar-refractivity contribution in [2.75, 3.05) is 25.5 Å². The zero-order valence-corrected chi connectivity index (χ0v) is 18.3. The van der Waals surface area contributed by atoms with E-state index in [1.165, 1.54) is 11.4 Å². The van der Waals surface area contributed by atoms with Gasteiger partial charge in [-0.2, -0.15) is 4.31 Å². The number of carbonyl (C=O) groups is 1. The van der Waals surface area contributed by atoms with E-state index in [0.29, 0.717) is 35.8 Å². The summed E-state index contributed by atoms with van der Waals surface area (Å²) < 4.78 is 33.1. The summed E-state index contributed by atoms with van der Waals surface area (Å²) in [6, 6.07) is 10.4. The van der Waals surface area contributed by atoms with E-state index in [-0.39, 0.29) is 17.3 Å². The molecule has 1 atom stereocenters. The van der Waals surface area contributed by atoms with Crippen molar-refractivity contribution in [2.24, 2.45) is 5.92 Å². The van der Waals surface area contributed by atoms with Crippen LogP contribution in [-0.2, 0) is 14.8 Å². The summed E-state index contributed by atoms with van der Waals surface area (Å²) in [5.41, 5.74) is 2.25. The Morgan fingerprint density at radius 3 is 2.72 bits per heavy atom. The van der Waals surface area contributed by atoms with E-state index >= 15 is 0 Å². The summed E-state index contributed by atoms with van der Waals surface area (Å²) in [6.45, 7) is 4.17. The molecule has 0 bridgehead atoms. The summed E-state index contributed by atoms with van der Waals surface area (Å²) in [4.78, 5) is 12.9. The van der Waals surface area contributed by atoms with Crippen molar-refractivity contribution in [1.82, 2.24) is 4.31 Å². The molecule has 0 spiro atoms. The van der Waals surface area contributed by atoms with E-state index in [0.717, 1.165) is 11.1 Å². The van der Waals surface area contributed by atoms with Gasteiger partial charge < -0.3 is 10.1 Å². The molecule has 0 unspecified atom stereocenters. The number of piperidine rings is 1. The predicted molar refractivity (Wildman–Crippen MR) is 114 cm³/mol. The van der Waals surface area contributed by atoms with E-state index in [4.69, 9.17) is 16.3 Å². The highest BCUT2D eigenvalue weighted by Crippen LogP contribution is 2.31. The van der Waals surface area contributed by atoms with Crippen LogP contribution in [0.4, 0.5) is 5.69 Å². The van der Waals surface area contributed by atoms with Crippen LogP contribution >= 0.6 is 11.6 Å². The number of hydrogen-bond acceptors (Lipinski definition) is 4. The standard InChI is InChI=1S/C21H25ClN2O4S/c1-14-9-10-19(28-3)20(12-14)29(26,27)24-11-5-6-16(13-24)21(25)23-18-8-4-7-17(22)15(18)2/h4,7-10,12,16H,5-6,11,13H2,1-3H3,(H,23,25)/t16-/m1/s1. The first-order valence-electron chi connectivity index (χ1n) is 9.45. The van der Waals surface area contributed by atoms with Gasteiger partial charge in [0.05, 0.1) is 13.0 Å². The third-order valence-corrected chi connectivity index (χ3v) is 7.51. The lowest BCUT2D eigenvalue weighted by Gasteiger charge is -2.31. The summed E-state index contributed by atoms with van der Waals surface area (Å²) in [5.74, 6) is -0.337. The van der Waals surface area contributed by atoms with Crippen molar-refractivity contribution in [3.8, 4) is 5.75 Å². The molecular weight excluding hydrogens is 412 g/mol. The van der Waals surface area contributed by atoms with Crippen LogP contribution in [0.25, 0.3) is 0 Å². The lowest BCUT2D eigenvalue weighted by molar-refractivity contribution is -0.120. The molecule has 1 aliphatic heterocycles. The first kappa shape index (κ1) is 21.6. The highest BCUT2D eigenvalue weighted by Gasteiger charge is 2.35. The topological polar surface area (TPSA) is 75.7 Å². The number of nitrogens with zero attached hydrogens (tertiary/aromatic N) is 1. The normalized spacial score (nSPS) is 17.7. The molecule has 1 amide bonds. The van der Waals surface area contributed by atoms with Crippen molar-refractivity contribution in [3.05, 3.63) is 52.5 Å². The van der Waals surface area contributed by atoms with Crippen molar-refractivity contribution in [1.29, 1.82) is 0 Å². The number of aryl methyl sites for hydroxylation is 1. The van der Waals surface area contributed by atoms with E-state index in [2.05, 4.69) is 5.32 Å². The van der Waals surface area contributed by atoms with Crippen LogP contribution in [0.2, 0.25) is 5.02 Å². The number of hydrogen-bond donors (Lipinski definition) is 1. The maximum absolute atomic E-state index is 13.2. The number of methoxy groups -OCH3 is 1. The Labute approximate surface area is 176 Å². The highest BCUT2D eigenvalue weighted by atomic mass is 35.5. The zero-order valence-electron chi connectivity index (χ0n) is 16.7. The lowest BCUT2D eigenvalue weighted by atomic mass is 9.98. The molecule has 8 heteroatoms. The van der Waals surface area contributed by atoms with Gasteiger partial charge in [-0.25, -0.2) is 8.42 Å². The molecule has 156 valence electrons. The van der Waals surface area contributed by atoms with Crippen LogP contribution in [0.5, 0.6) is 5.75 Å². The van der Waals surface area contributed by atoms with E-state index in [9.17, 15) is 13.2 Å². The number of sulfonamides is 1. The molecule has 3 rings (SSSR count). The van der Waals surface area contributed by atoms with Gasteiger partial charge in [0.25, 0.3) is 0 Å². The number of nitrogens with one attached hydrogen (secondary N) is 1. The van der Waals surface area contributed by atoms with Crippen molar-refractivity contribution >= 4 is 33.2 Å². The SMILES string of the molecule is COc1ccc(C)cc1S(=O)(=O)N1CCC[C@@H](C(=O)Nc2cccc(Cl)c2C)C1. The first-order chi connectivity index (χ1) is 13.7. The molecule has 0 aromatic heterocycles. The second kappa shape index (κ2) is 8.73. The third-order valence-electron chi connectivity index (χ3n) is 5.22. The van der Waals surface area contributed by atoms with E-state index in [1.54, 1.807) is 36.4 Å². The second-order valence-corrected chi connectivity index (χ2v) is 9.57. The molecule has 0 saturated carbocycles. The Bertz CT molecular complexity index is 1020. The van der Waals surface area contributed by atoms with Crippen LogP contribution in [0.3, 0.4) is 0 Å². The average molecular weight is 437 g/mol. The molecule has 2 aromatic rings.